The maximum atomic E-state index is 13.0. The van der Waals surface area contributed by atoms with E-state index in [1.807, 2.05) is 12.1 Å². The van der Waals surface area contributed by atoms with Gasteiger partial charge in [-0.25, -0.2) is 4.39 Å². The highest BCUT2D eigenvalue weighted by Gasteiger charge is 2.08. The van der Waals surface area contributed by atoms with Crippen LogP contribution in [-0.4, -0.2) is 13.2 Å². The summed E-state index contributed by atoms with van der Waals surface area (Å²) in [6, 6.07) is 12.6. The first-order valence-electron chi connectivity index (χ1n) is 10.3. The summed E-state index contributed by atoms with van der Waals surface area (Å²) in [6.07, 6.45) is 2.05. The predicted octanol–water partition coefficient (Wildman–Crippen LogP) is 5.97. The SMILES string of the molecule is CC(C)CCOc1ccc(CNCc2ccc(F)cc2)c(OCCC(C)C)c1. The zero-order chi connectivity index (χ0) is 20.4. The molecule has 154 valence electrons. The van der Waals surface area contributed by atoms with Crippen LogP contribution in [0, 0.1) is 17.7 Å². The third-order valence-corrected chi connectivity index (χ3v) is 4.51. The Labute approximate surface area is 169 Å². The molecular weight excluding hydrogens is 353 g/mol. The van der Waals surface area contributed by atoms with Crippen molar-refractivity contribution in [3.63, 3.8) is 0 Å². The molecule has 4 heteroatoms. The Balaban J connectivity index is 1.97. The van der Waals surface area contributed by atoms with Gasteiger partial charge in [-0.3, -0.25) is 0 Å². The van der Waals surface area contributed by atoms with E-state index in [9.17, 15) is 4.39 Å². The molecule has 3 nitrogen and oxygen atoms in total. The largest absolute Gasteiger partial charge is 0.493 e. The zero-order valence-electron chi connectivity index (χ0n) is 17.6. The molecular formula is C24H34FNO2. The van der Waals surface area contributed by atoms with E-state index in [0.717, 1.165) is 35.5 Å². The molecule has 0 spiro atoms. The third-order valence-electron chi connectivity index (χ3n) is 4.51. The van der Waals surface area contributed by atoms with Crippen LogP contribution in [0.25, 0.3) is 0 Å². The lowest BCUT2D eigenvalue weighted by atomic mass is 10.1. The fourth-order valence-electron chi connectivity index (χ4n) is 2.67. The van der Waals surface area contributed by atoms with Crippen molar-refractivity contribution >= 4 is 0 Å². The standard InChI is InChI=1S/C24H34FNO2/c1-18(2)11-13-27-23-10-7-21(24(15-23)28-14-12-19(3)4)17-26-16-20-5-8-22(25)9-6-20/h5-10,15,18-19,26H,11-14,16-17H2,1-4H3. The van der Waals surface area contributed by atoms with Gasteiger partial charge in [-0.2, -0.15) is 0 Å². The summed E-state index contributed by atoms with van der Waals surface area (Å²) in [6.45, 7) is 11.5. The lowest BCUT2D eigenvalue weighted by Crippen LogP contribution is -2.14. The van der Waals surface area contributed by atoms with Crippen molar-refractivity contribution < 1.29 is 13.9 Å². The maximum Gasteiger partial charge on any atom is 0.127 e. The van der Waals surface area contributed by atoms with Crippen LogP contribution in [0.2, 0.25) is 0 Å². The molecule has 0 unspecified atom stereocenters. The van der Waals surface area contributed by atoms with Crippen molar-refractivity contribution in [2.24, 2.45) is 11.8 Å². The molecule has 0 amide bonds. The van der Waals surface area contributed by atoms with Crippen molar-refractivity contribution in [1.82, 2.24) is 5.32 Å². The highest BCUT2D eigenvalue weighted by Crippen LogP contribution is 2.26. The molecule has 2 aromatic rings. The number of rotatable bonds is 12. The van der Waals surface area contributed by atoms with E-state index in [2.05, 4.69) is 39.1 Å². The van der Waals surface area contributed by atoms with Crippen LogP contribution in [0.15, 0.2) is 42.5 Å². The van der Waals surface area contributed by atoms with Crippen molar-refractivity contribution in [2.75, 3.05) is 13.2 Å². The van der Waals surface area contributed by atoms with Gasteiger partial charge in [0.15, 0.2) is 0 Å². The highest BCUT2D eigenvalue weighted by molar-refractivity contribution is 5.40. The second kappa shape index (κ2) is 11.7. The number of benzene rings is 2. The monoisotopic (exact) mass is 387 g/mol. The van der Waals surface area contributed by atoms with E-state index < -0.39 is 0 Å². The van der Waals surface area contributed by atoms with Gasteiger partial charge in [0.05, 0.1) is 13.2 Å². The fourth-order valence-corrected chi connectivity index (χ4v) is 2.67. The average Bonchev–Trinajstić information content (AvgIpc) is 2.64. The minimum Gasteiger partial charge on any atom is -0.493 e. The zero-order valence-corrected chi connectivity index (χ0v) is 17.6. The first kappa shape index (κ1) is 22.2. The Kier molecular flexibility index (Phi) is 9.29. The first-order valence-corrected chi connectivity index (χ1v) is 10.3. The van der Waals surface area contributed by atoms with Crippen molar-refractivity contribution in [2.45, 2.75) is 53.6 Å². The minimum atomic E-state index is -0.211. The molecule has 0 bridgehead atoms. The Morgan fingerprint density at radius 2 is 1.46 bits per heavy atom. The van der Waals surface area contributed by atoms with Crippen LogP contribution in [0.5, 0.6) is 11.5 Å². The van der Waals surface area contributed by atoms with E-state index in [4.69, 9.17) is 9.47 Å². The Morgan fingerprint density at radius 1 is 0.821 bits per heavy atom. The molecule has 0 atom stereocenters. The minimum absolute atomic E-state index is 0.211. The molecule has 0 fully saturated rings. The Hall–Kier alpha value is -2.07. The van der Waals surface area contributed by atoms with E-state index in [1.165, 1.54) is 12.1 Å². The van der Waals surface area contributed by atoms with Crippen molar-refractivity contribution in [3.8, 4) is 11.5 Å². The second-order valence-corrected chi connectivity index (χ2v) is 8.06. The summed E-state index contributed by atoms with van der Waals surface area (Å²) in [5.41, 5.74) is 2.15. The van der Waals surface area contributed by atoms with Gasteiger partial charge in [-0.05, 0) is 48.4 Å². The number of halogens is 1. The quantitative estimate of drug-likeness (QED) is 0.487. The molecule has 0 aromatic heterocycles. The topological polar surface area (TPSA) is 30.5 Å². The molecule has 0 radical (unpaired) electrons. The van der Waals surface area contributed by atoms with E-state index in [0.29, 0.717) is 38.1 Å². The van der Waals surface area contributed by atoms with E-state index >= 15 is 0 Å². The normalized spacial score (nSPS) is 11.2. The number of ether oxygens (including phenoxy) is 2. The molecule has 2 aromatic carbocycles. The molecule has 0 heterocycles. The average molecular weight is 388 g/mol. The van der Waals surface area contributed by atoms with Crippen LogP contribution in [-0.2, 0) is 13.1 Å². The lowest BCUT2D eigenvalue weighted by Gasteiger charge is -2.16. The van der Waals surface area contributed by atoms with Crippen molar-refractivity contribution in [3.05, 3.63) is 59.4 Å². The maximum absolute atomic E-state index is 13.0. The summed E-state index contributed by atoms with van der Waals surface area (Å²) in [5, 5.41) is 3.41. The van der Waals surface area contributed by atoms with Gasteiger partial charge >= 0.3 is 0 Å². The van der Waals surface area contributed by atoms with Crippen LogP contribution < -0.4 is 14.8 Å². The van der Waals surface area contributed by atoms with Gasteiger partial charge < -0.3 is 14.8 Å². The Bertz CT molecular complexity index is 698. The number of nitrogens with one attached hydrogen (secondary N) is 1. The predicted molar refractivity (Wildman–Crippen MR) is 113 cm³/mol. The molecule has 0 aliphatic heterocycles. The van der Waals surface area contributed by atoms with Gasteiger partial charge in [0.1, 0.15) is 17.3 Å². The first-order chi connectivity index (χ1) is 13.4. The molecule has 1 N–H and O–H groups in total. The number of hydrogen-bond donors (Lipinski definition) is 1. The van der Waals surface area contributed by atoms with Gasteiger partial charge in [0.2, 0.25) is 0 Å². The second-order valence-electron chi connectivity index (χ2n) is 8.06. The van der Waals surface area contributed by atoms with Crippen LogP contribution >= 0.6 is 0 Å². The van der Waals surface area contributed by atoms with E-state index in [-0.39, 0.29) is 5.82 Å². The summed E-state index contributed by atoms with van der Waals surface area (Å²) in [7, 11) is 0. The molecule has 0 aliphatic rings. The Morgan fingerprint density at radius 3 is 2.11 bits per heavy atom. The molecule has 28 heavy (non-hydrogen) atoms. The summed E-state index contributed by atoms with van der Waals surface area (Å²) >= 11 is 0. The molecule has 0 saturated heterocycles. The summed E-state index contributed by atoms with van der Waals surface area (Å²) in [4.78, 5) is 0. The number of hydrogen-bond acceptors (Lipinski definition) is 3. The van der Waals surface area contributed by atoms with Gasteiger partial charge in [-0.1, -0.05) is 45.9 Å². The lowest BCUT2D eigenvalue weighted by molar-refractivity contribution is 0.274. The smallest absolute Gasteiger partial charge is 0.127 e. The van der Waals surface area contributed by atoms with Crippen LogP contribution in [0.1, 0.15) is 51.7 Å². The summed E-state index contributed by atoms with van der Waals surface area (Å²) in [5.74, 6) is 2.73. The van der Waals surface area contributed by atoms with E-state index in [1.54, 1.807) is 12.1 Å². The third kappa shape index (κ3) is 8.30. The van der Waals surface area contributed by atoms with Crippen molar-refractivity contribution in [1.29, 1.82) is 0 Å². The van der Waals surface area contributed by atoms with Gasteiger partial charge in [-0.15, -0.1) is 0 Å². The highest BCUT2D eigenvalue weighted by atomic mass is 19.1. The molecule has 0 aliphatic carbocycles. The van der Waals surface area contributed by atoms with Gasteiger partial charge in [0.25, 0.3) is 0 Å². The summed E-state index contributed by atoms with van der Waals surface area (Å²) < 4.78 is 25.0. The van der Waals surface area contributed by atoms with Crippen LogP contribution in [0.4, 0.5) is 4.39 Å². The van der Waals surface area contributed by atoms with Crippen LogP contribution in [0.3, 0.4) is 0 Å². The molecule has 0 saturated carbocycles. The van der Waals surface area contributed by atoms with Gasteiger partial charge in [0, 0.05) is 24.7 Å². The molecule has 2 rings (SSSR count). The fraction of sp³-hybridized carbons (Fsp3) is 0.500.